The summed E-state index contributed by atoms with van der Waals surface area (Å²) in [5.74, 6) is -0.802. The number of carbonyl (C=O) groups is 2. The van der Waals surface area contributed by atoms with Crippen LogP contribution in [-0.4, -0.2) is 25.9 Å². The number of fused-ring (bicyclic) bond motifs is 1. The molecular formula is C24H26N6O4. The summed E-state index contributed by atoms with van der Waals surface area (Å²) in [7, 11) is 0. The van der Waals surface area contributed by atoms with E-state index in [9.17, 15) is 19.2 Å². The maximum Gasteiger partial charge on any atom is 0.331 e. The number of pyridine rings is 1. The minimum Gasteiger partial charge on any atom is -0.326 e. The fourth-order valence-electron chi connectivity index (χ4n) is 3.75. The summed E-state index contributed by atoms with van der Waals surface area (Å²) in [6.07, 6.45) is 1.62. The van der Waals surface area contributed by atoms with Gasteiger partial charge in [0.05, 0.1) is 22.8 Å². The Morgan fingerprint density at radius 1 is 1.00 bits per heavy atom. The van der Waals surface area contributed by atoms with Gasteiger partial charge in [-0.1, -0.05) is 6.92 Å². The molecule has 2 aromatic heterocycles. The molecule has 0 aliphatic carbocycles. The first-order valence-corrected chi connectivity index (χ1v) is 11.0. The summed E-state index contributed by atoms with van der Waals surface area (Å²) < 4.78 is 2.69. The summed E-state index contributed by atoms with van der Waals surface area (Å²) in [5, 5.41) is 14.6. The van der Waals surface area contributed by atoms with E-state index < -0.39 is 5.56 Å². The number of benzene rings is 1. The fourth-order valence-corrected chi connectivity index (χ4v) is 3.75. The number of nitriles is 1. The van der Waals surface area contributed by atoms with E-state index in [1.54, 1.807) is 38.1 Å². The van der Waals surface area contributed by atoms with Crippen LogP contribution in [0.1, 0.15) is 39.3 Å². The largest absolute Gasteiger partial charge is 0.331 e. The predicted molar refractivity (Wildman–Crippen MR) is 128 cm³/mol. The van der Waals surface area contributed by atoms with Crippen molar-refractivity contribution in [2.75, 3.05) is 10.6 Å². The van der Waals surface area contributed by atoms with E-state index in [2.05, 4.69) is 15.6 Å². The first-order chi connectivity index (χ1) is 16.3. The number of hydrogen-bond donors (Lipinski definition) is 2. The van der Waals surface area contributed by atoms with Crippen LogP contribution in [0.3, 0.4) is 0 Å². The first-order valence-electron chi connectivity index (χ1n) is 11.0. The average Bonchev–Trinajstić information content (AvgIpc) is 2.80. The van der Waals surface area contributed by atoms with Gasteiger partial charge in [0, 0.05) is 31.6 Å². The zero-order valence-electron chi connectivity index (χ0n) is 19.3. The molecule has 0 aliphatic rings. The summed E-state index contributed by atoms with van der Waals surface area (Å²) in [4.78, 5) is 53.9. The third-order valence-electron chi connectivity index (χ3n) is 5.37. The van der Waals surface area contributed by atoms with Crippen LogP contribution in [0.25, 0.3) is 10.9 Å². The summed E-state index contributed by atoms with van der Waals surface area (Å²) in [5.41, 5.74) is 0.929. The van der Waals surface area contributed by atoms with Crippen molar-refractivity contribution in [3.8, 4) is 6.07 Å². The van der Waals surface area contributed by atoms with Gasteiger partial charge in [0.2, 0.25) is 11.8 Å². The summed E-state index contributed by atoms with van der Waals surface area (Å²) in [6, 6.07) is 9.87. The van der Waals surface area contributed by atoms with E-state index in [0.717, 1.165) is 0 Å². The summed E-state index contributed by atoms with van der Waals surface area (Å²) in [6.45, 7) is 6.02. The van der Waals surface area contributed by atoms with E-state index in [-0.39, 0.29) is 48.5 Å². The SMILES string of the molecule is CCn1c(=O)c2cc(NC(=O)CC(C)CC(=O)Nc3ccc(C#N)nc3)ccc2n(CC)c1=O. The van der Waals surface area contributed by atoms with Crippen LogP contribution in [0.4, 0.5) is 11.4 Å². The Balaban J connectivity index is 1.66. The molecular weight excluding hydrogens is 436 g/mol. The molecule has 3 aromatic rings. The number of nitrogens with zero attached hydrogens (tertiary/aromatic N) is 4. The van der Waals surface area contributed by atoms with Crippen LogP contribution in [0.2, 0.25) is 0 Å². The van der Waals surface area contributed by atoms with E-state index >= 15 is 0 Å². The second-order valence-electron chi connectivity index (χ2n) is 7.96. The van der Waals surface area contributed by atoms with Gasteiger partial charge in [-0.15, -0.1) is 0 Å². The fraction of sp³-hybridized carbons (Fsp3) is 0.333. The average molecular weight is 463 g/mol. The smallest absolute Gasteiger partial charge is 0.326 e. The van der Waals surface area contributed by atoms with Crippen molar-refractivity contribution in [3.05, 3.63) is 63.1 Å². The van der Waals surface area contributed by atoms with Gasteiger partial charge in [0.25, 0.3) is 5.56 Å². The van der Waals surface area contributed by atoms with Crippen molar-refractivity contribution < 1.29 is 9.59 Å². The molecule has 2 heterocycles. The van der Waals surface area contributed by atoms with Crippen molar-refractivity contribution in [2.45, 2.75) is 46.7 Å². The first kappa shape index (κ1) is 24.4. The standard InChI is InChI=1S/C24H26N6O4/c1-4-29-20-9-8-16(12-19(20)23(33)30(5-2)24(29)34)27-21(31)10-15(3)11-22(32)28-18-7-6-17(13-25)26-14-18/h6-9,12,14-15H,4-5,10-11H2,1-3H3,(H,27,31)(H,28,32). The second kappa shape index (κ2) is 10.6. The lowest BCUT2D eigenvalue weighted by Crippen LogP contribution is -2.39. The Kier molecular flexibility index (Phi) is 7.58. The van der Waals surface area contributed by atoms with Gasteiger partial charge in [-0.2, -0.15) is 5.26 Å². The normalized spacial score (nSPS) is 11.6. The van der Waals surface area contributed by atoms with Crippen molar-refractivity contribution in [2.24, 2.45) is 5.92 Å². The van der Waals surface area contributed by atoms with Gasteiger partial charge in [-0.25, -0.2) is 9.78 Å². The zero-order chi connectivity index (χ0) is 24.8. The molecule has 2 N–H and O–H groups in total. The van der Waals surface area contributed by atoms with Crippen LogP contribution >= 0.6 is 0 Å². The molecule has 34 heavy (non-hydrogen) atoms. The van der Waals surface area contributed by atoms with Crippen LogP contribution in [0, 0.1) is 17.2 Å². The van der Waals surface area contributed by atoms with Crippen LogP contribution in [0.15, 0.2) is 46.1 Å². The lowest BCUT2D eigenvalue weighted by molar-refractivity contribution is -0.118. The number of amides is 2. The van der Waals surface area contributed by atoms with Gasteiger partial charge < -0.3 is 10.6 Å². The molecule has 3 rings (SSSR count). The van der Waals surface area contributed by atoms with Crippen molar-refractivity contribution >= 4 is 34.1 Å². The Labute approximate surface area is 195 Å². The number of rotatable bonds is 8. The Hall–Kier alpha value is -4.26. The van der Waals surface area contributed by atoms with Crippen molar-refractivity contribution in [1.29, 1.82) is 5.26 Å². The lowest BCUT2D eigenvalue weighted by atomic mass is 10.0. The van der Waals surface area contributed by atoms with Crippen molar-refractivity contribution in [3.63, 3.8) is 0 Å². The van der Waals surface area contributed by atoms with Gasteiger partial charge >= 0.3 is 5.69 Å². The highest BCUT2D eigenvalue weighted by Gasteiger charge is 2.16. The molecule has 0 spiro atoms. The van der Waals surface area contributed by atoms with Crippen LogP contribution < -0.4 is 21.9 Å². The molecule has 176 valence electrons. The van der Waals surface area contributed by atoms with Crippen LogP contribution in [0.5, 0.6) is 0 Å². The second-order valence-corrected chi connectivity index (χ2v) is 7.96. The molecule has 0 radical (unpaired) electrons. The topological polar surface area (TPSA) is 139 Å². The van der Waals surface area contributed by atoms with Crippen molar-refractivity contribution in [1.82, 2.24) is 14.1 Å². The number of carbonyl (C=O) groups excluding carboxylic acids is 2. The van der Waals surface area contributed by atoms with Crippen LogP contribution in [-0.2, 0) is 22.7 Å². The molecule has 1 atom stereocenters. The minimum absolute atomic E-state index is 0.102. The summed E-state index contributed by atoms with van der Waals surface area (Å²) >= 11 is 0. The molecule has 0 saturated heterocycles. The maximum absolute atomic E-state index is 12.7. The number of hydrogen-bond acceptors (Lipinski definition) is 6. The Bertz CT molecular complexity index is 1380. The Morgan fingerprint density at radius 3 is 2.18 bits per heavy atom. The molecule has 0 fully saturated rings. The maximum atomic E-state index is 12.7. The van der Waals surface area contributed by atoms with E-state index in [1.165, 1.54) is 21.4 Å². The highest BCUT2D eigenvalue weighted by molar-refractivity contribution is 5.95. The molecule has 0 saturated carbocycles. The van der Waals surface area contributed by atoms with E-state index in [1.807, 2.05) is 13.0 Å². The quantitative estimate of drug-likeness (QED) is 0.527. The third-order valence-corrected chi connectivity index (χ3v) is 5.37. The predicted octanol–water partition coefficient (Wildman–Crippen LogP) is 2.46. The number of nitrogens with one attached hydrogen (secondary N) is 2. The van der Waals surface area contributed by atoms with E-state index in [4.69, 9.17) is 5.26 Å². The molecule has 0 bridgehead atoms. The molecule has 10 nitrogen and oxygen atoms in total. The number of anilines is 2. The third kappa shape index (κ3) is 5.38. The molecule has 1 aromatic carbocycles. The molecule has 0 aliphatic heterocycles. The molecule has 10 heteroatoms. The molecule has 2 amide bonds. The lowest BCUT2D eigenvalue weighted by Gasteiger charge is -2.14. The number of aryl methyl sites for hydroxylation is 1. The highest BCUT2D eigenvalue weighted by Crippen LogP contribution is 2.17. The van der Waals surface area contributed by atoms with Gasteiger partial charge in [-0.3, -0.25) is 23.5 Å². The number of aromatic nitrogens is 3. The zero-order valence-corrected chi connectivity index (χ0v) is 19.3. The monoisotopic (exact) mass is 462 g/mol. The minimum atomic E-state index is -0.398. The van der Waals surface area contributed by atoms with E-state index in [0.29, 0.717) is 28.8 Å². The van der Waals surface area contributed by atoms with Gasteiger partial charge in [-0.05, 0) is 50.1 Å². The van der Waals surface area contributed by atoms with Gasteiger partial charge in [0.1, 0.15) is 11.8 Å². The van der Waals surface area contributed by atoms with Gasteiger partial charge in [0.15, 0.2) is 0 Å². The highest BCUT2D eigenvalue weighted by atomic mass is 16.2. The Morgan fingerprint density at radius 2 is 1.62 bits per heavy atom. The molecule has 1 unspecified atom stereocenters.